The van der Waals surface area contributed by atoms with Crippen molar-refractivity contribution < 1.29 is 23.0 Å². The highest BCUT2D eigenvalue weighted by Crippen LogP contribution is 2.32. The summed E-state index contributed by atoms with van der Waals surface area (Å²) >= 11 is 0. The molecular weight excluding hydrogens is 464 g/mol. The average Bonchev–Trinajstić information content (AvgIpc) is 3.14. The van der Waals surface area contributed by atoms with E-state index in [0.29, 0.717) is 58.2 Å². The van der Waals surface area contributed by atoms with Gasteiger partial charge in [0.25, 0.3) is 0 Å². The summed E-state index contributed by atoms with van der Waals surface area (Å²) in [5.41, 5.74) is -0.144. The molecule has 2 saturated heterocycles. The van der Waals surface area contributed by atoms with E-state index < -0.39 is 12.7 Å². The molecule has 0 radical (unpaired) electrons. The van der Waals surface area contributed by atoms with Crippen LogP contribution >= 0.6 is 24.0 Å². The van der Waals surface area contributed by atoms with Crippen LogP contribution in [0.15, 0.2) is 4.99 Å². The molecule has 2 rings (SSSR count). The van der Waals surface area contributed by atoms with E-state index >= 15 is 0 Å². The Hall–Kier alpha value is -0.330. The van der Waals surface area contributed by atoms with Crippen molar-refractivity contribution in [3.63, 3.8) is 0 Å². The SMILES string of the molecule is CCNC(=NCC1(CCO)CCOC1)NC1CCN(CC(F)(F)F)C1.I. The molecule has 0 amide bonds. The van der Waals surface area contributed by atoms with Crippen molar-refractivity contribution >= 4 is 29.9 Å². The van der Waals surface area contributed by atoms with Gasteiger partial charge >= 0.3 is 6.18 Å². The Morgan fingerprint density at radius 2 is 2.19 bits per heavy atom. The minimum atomic E-state index is -4.16. The molecule has 2 heterocycles. The van der Waals surface area contributed by atoms with Crippen molar-refractivity contribution in [3.8, 4) is 0 Å². The zero-order chi connectivity index (χ0) is 18.3. The Morgan fingerprint density at radius 3 is 2.77 bits per heavy atom. The van der Waals surface area contributed by atoms with Gasteiger partial charge in [0.2, 0.25) is 0 Å². The molecule has 2 aliphatic rings. The molecule has 2 unspecified atom stereocenters. The van der Waals surface area contributed by atoms with Crippen LogP contribution in [0, 0.1) is 5.41 Å². The third-order valence-electron chi connectivity index (χ3n) is 4.76. The molecule has 0 aromatic rings. The van der Waals surface area contributed by atoms with Crippen LogP contribution in [-0.2, 0) is 4.74 Å². The summed E-state index contributed by atoms with van der Waals surface area (Å²) in [5.74, 6) is 0.616. The second-order valence-electron chi connectivity index (χ2n) is 6.95. The molecule has 26 heavy (non-hydrogen) atoms. The summed E-state index contributed by atoms with van der Waals surface area (Å²) in [6.45, 7) is 4.43. The van der Waals surface area contributed by atoms with E-state index in [-0.39, 0.29) is 42.0 Å². The first-order valence-corrected chi connectivity index (χ1v) is 8.88. The predicted molar refractivity (Wildman–Crippen MR) is 105 cm³/mol. The number of guanidine groups is 1. The Labute approximate surface area is 170 Å². The van der Waals surface area contributed by atoms with Gasteiger partial charge < -0.3 is 20.5 Å². The molecule has 0 spiro atoms. The molecule has 3 N–H and O–H groups in total. The van der Waals surface area contributed by atoms with Gasteiger partial charge in [0, 0.05) is 44.3 Å². The highest BCUT2D eigenvalue weighted by atomic mass is 127. The lowest BCUT2D eigenvalue weighted by atomic mass is 9.84. The largest absolute Gasteiger partial charge is 0.401 e. The Bertz CT molecular complexity index is 446. The highest BCUT2D eigenvalue weighted by molar-refractivity contribution is 14.0. The van der Waals surface area contributed by atoms with Crippen LogP contribution in [0.3, 0.4) is 0 Å². The van der Waals surface area contributed by atoms with Gasteiger partial charge in [-0.05, 0) is 26.2 Å². The normalized spacial score (nSPS) is 27.4. The summed E-state index contributed by atoms with van der Waals surface area (Å²) in [4.78, 5) is 6.03. The predicted octanol–water partition coefficient (Wildman–Crippen LogP) is 1.59. The van der Waals surface area contributed by atoms with Crippen LogP contribution < -0.4 is 10.6 Å². The summed E-state index contributed by atoms with van der Waals surface area (Å²) in [7, 11) is 0. The number of ether oxygens (including phenoxy) is 1. The third-order valence-corrected chi connectivity index (χ3v) is 4.76. The zero-order valence-corrected chi connectivity index (χ0v) is 17.5. The van der Waals surface area contributed by atoms with E-state index in [0.717, 1.165) is 6.42 Å². The van der Waals surface area contributed by atoms with Gasteiger partial charge in [0.05, 0.1) is 19.7 Å². The molecule has 154 valence electrons. The number of aliphatic imine (C=N–C) groups is 1. The minimum absolute atomic E-state index is 0. The number of likely N-dealkylation sites (tertiary alicyclic amines) is 1. The molecular formula is C16H30F3IN4O2. The van der Waals surface area contributed by atoms with Crippen molar-refractivity contribution in [2.24, 2.45) is 10.4 Å². The van der Waals surface area contributed by atoms with Crippen LogP contribution in [0.2, 0.25) is 0 Å². The van der Waals surface area contributed by atoms with Crippen LogP contribution in [0.25, 0.3) is 0 Å². The van der Waals surface area contributed by atoms with E-state index in [1.54, 1.807) is 0 Å². The molecule has 2 aliphatic heterocycles. The summed E-state index contributed by atoms with van der Waals surface area (Å²) < 4.78 is 43.0. The van der Waals surface area contributed by atoms with Gasteiger partial charge in [-0.2, -0.15) is 13.2 Å². The van der Waals surface area contributed by atoms with Gasteiger partial charge in [0.15, 0.2) is 5.96 Å². The first kappa shape index (κ1) is 23.7. The maximum absolute atomic E-state index is 12.5. The number of aliphatic hydroxyl groups is 1. The maximum Gasteiger partial charge on any atom is 0.401 e. The third kappa shape index (κ3) is 7.73. The number of alkyl halides is 3. The van der Waals surface area contributed by atoms with E-state index in [2.05, 4.69) is 15.6 Å². The molecule has 0 aliphatic carbocycles. The topological polar surface area (TPSA) is 69.1 Å². The molecule has 2 atom stereocenters. The quantitative estimate of drug-likeness (QED) is 0.285. The van der Waals surface area contributed by atoms with Crippen LogP contribution in [0.5, 0.6) is 0 Å². The van der Waals surface area contributed by atoms with Crippen molar-refractivity contribution in [1.29, 1.82) is 0 Å². The van der Waals surface area contributed by atoms with E-state index in [4.69, 9.17) is 4.74 Å². The Balaban J connectivity index is 0.00000338. The van der Waals surface area contributed by atoms with Gasteiger partial charge in [0.1, 0.15) is 0 Å². The Morgan fingerprint density at radius 1 is 1.42 bits per heavy atom. The van der Waals surface area contributed by atoms with Gasteiger partial charge in [-0.15, -0.1) is 24.0 Å². The van der Waals surface area contributed by atoms with E-state index in [1.807, 2.05) is 6.92 Å². The van der Waals surface area contributed by atoms with Crippen LogP contribution in [-0.4, -0.2) is 80.7 Å². The molecule has 2 fully saturated rings. The number of nitrogens with one attached hydrogen (secondary N) is 2. The maximum atomic E-state index is 12.5. The van der Waals surface area contributed by atoms with Crippen molar-refractivity contribution in [2.75, 3.05) is 52.5 Å². The first-order valence-electron chi connectivity index (χ1n) is 8.88. The first-order chi connectivity index (χ1) is 11.9. The van der Waals surface area contributed by atoms with Gasteiger partial charge in [-0.3, -0.25) is 9.89 Å². The molecule has 0 bridgehead atoms. The second kappa shape index (κ2) is 10.9. The fourth-order valence-corrected chi connectivity index (χ4v) is 3.40. The van der Waals surface area contributed by atoms with Crippen LogP contribution in [0.4, 0.5) is 13.2 Å². The standard InChI is InChI=1S/C16H29F3N4O2.HI/c1-2-20-14(21-10-15(4-7-24)5-8-25-12-15)22-13-3-6-23(9-13)11-16(17,18)19;/h13,24H,2-12H2,1H3,(H2,20,21,22);1H. The molecule has 6 nitrogen and oxygen atoms in total. The number of aliphatic hydroxyl groups excluding tert-OH is 1. The second-order valence-corrected chi connectivity index (χ2v) is 6.95. The minimum Gasteiger partial charge on any atom is -0.396 e. The number of hydrogen-bond donors (Lipinski definition) is 3. The smallest absolute Gasteiger partial charge is 0.396 e. The molecule has 10 heteroatoms. The zero-order valence-electron chi connectivity index (χ0n) is 15.1. The van der Waals surface area contributed by atoms with E-state index in [1.165, 1.54) is 4.90 Å². The van der Waals surface area contributed by atoms with Crippen molar-refractivity contribution in [2.45, 2.75) is 38.4 Å². The summed E-state index contributed by atoms with van der Waals surface area (Å²) in [6, 6.07) is -0.0474. The van der Waals surface area contributed by atoms with E-state index in [9.17, 15) is 18.3 Å². The fraction of sp³-hybridized carbons (Fsp3) is 0.938. The molecule has 0 saturated carbocycles. The van der Waals surface area contributed by atoms with Gasteiger partial charge in [-0.25, -0.2) is 0 Å². The average molecular weight is 494 g/mol. The van der Waals surface area contributed by atoms with Crippen LogP contribution in [0.1, 0.15) is 26.2 Å². The monoisotopic (exact) mass is 494 g/mol. The molecule has 0 aromatic heterocycles. The number of hydrogen-bond acceptors (Lipinski definition) is 4. The lowest BCUT2D eigenvalue weighted by Gasteiger charge is -2.25. The number of nitrogens with zero attached hydrogens (tertiary/aromatic N) is 2. The van der Waals surface area contributed by atoms with Crippen molar-refractivity contribution in [3.05, 3.63) is 0 Å². The summed E-state index contributed by atoms with van der Waals surface area (Å²) in [6.07, 6.45) is -2.00. The number of halogens is 4. The highest BCUT2D eigenvalue weighted by Gasteiger charge is 2.36. The number of rotatable bonds is 7. The summed E-state index contributed by atoms with van der Waals surface area (Å²) in [5, 5.41) is 15.7. The Kier molecular flexibility index (Phi) is 9.91. The fourth-order valence-electron chi connectivity index (χ4n) is 3.40. The lowest BCUT2D eigenvalue weighted by Crippen LogP contribution is -2.45. The molecule has 0 aromatic carbocycles. The van der Waals surface area contributed by atoms with Crippen molar-refractivity contribution in [1.82, 2.24) is 15.5 Å². The lowest BCUT2D eigenvalue weighted by molar-refractivity contribution is -0.143. The van der Waals surface area contributed by atoms with Gasteiger partial charge in [-0.1, -0.05) is 0 Å².